The van der Waals surface area contributed by atoms with Crippen LogP contribution in [0.2, 0.25) is 0 Å². The lowest BCUT2D eigenvalue weighted by molar-refractivity contribution is -0.119. The number of benzene rings is 1. The average molecular weight is 258 g/mol. The second kappa shape index (κ2) is 5.33. The molecule has 102 valence electrons. The van der Waals surface area contributed by atoms with Crippen molar-refractivity contribution in [3.63, 3.8) is 0 Å². The van der Waals surface area contributed by atoms with Gasteiger partial charge in [0.05, 0.1) is 0 Å². The van der Waals surface area contributed by atoms with Gasteiger partial charge in [0.15, 0.2) is 0 Å². The van der Waals surface area contributed by atoms with Crippen LogP contribution in [0, 0.1) is 5.92 Å². The summed E-state index contributed by atoms with van der Waals surface area (Å²) in [4.78, 5) is 14.4. The topological polar surface area (TPSA) is 32.3 Å². The van der Waals surface area contributed by atoms with Gasteiger partial charge in [-0.3, -0.25) is 4.79 Å². The van der Waals surface area contributed by atoms with E-state index in [0.717, 1.165) is 31.6 Å². The number of nitrogens with zero attached hydrogens (tertiary/aromatic N) is 1. The van der Waals surface area contributed by atoms with E-state index in [9.17, 15) is 4.79 Å². The lowest BCUT2D eigenvalue weighted by Gasteiger charge is -2.34. The molecule has 1 saturated carbocycles. The molecule has 3 rings (SSSR count). The molecule has 2 aliphatic rings. The summed E-state index contributed by atoms with van der Waals surface area (Å²) in [5.41, 5.74) is 2.39. The van der Waals surface area contributed by atoms with Gasteiger partial charge in [0, 0.05) is 24.7 Å². The number of carbonyl (C=O) groups is 1. The second-order valence-corrected chi connectivity index (χ2v) is 5.65. The smallest absolute Gasteiger partial charge is 0.227 e. The molecule has 1 atom stereocenters. The third-order valence-electron chi connectivity index (χ3n) is 4.16. The maximum atomic E-state index is 12.4. The maximum absolute atomic E-state index is 12.4. The molecule has 1 amide bonds. The van der Waals surface area contributed by atoms with Crippen LogP contribution in [0.1, 0.15) is 44.2 Å². The summed E-state index contributed by atoms with van der Waals surface area (Å²) in [6.07, 6.45) is 4.23. The van der Waals surface area contributed by atoms with Crippen LogP contribution in [0.5, 0.6) is 0 Å². The third kappa shape index (κ3) is 2.66. The van der Waals surface area contributed by atoms with Gasteiger partial charge < -0.3 is 10.2 Å². The normalized spacial score (nSPS) is 22.2. The zero-order chi connectivity index (χ0) is 13.2. The Kier molecular flexibility index (Phi) is 3.56. The number of nitrogens with one attached hydrogen (secondary N) is 1. The van der Waals surface area contributed by atoms with Crippen LogP contribution in [0.3, 0.4) is 0 Å². The van der Waals surface area contributed by atoms with Gasteiger partial charge >= 0.3 is 0 Å². The van der Waals surface area contributed by atoms with Crippen LogP contribution in [0.15, 0.2) is 24.3 Å². The minimum absolute atomic E-state index is 0.310. The molecule has 19 heavy (non-hydrogen) atoms. The number of fused-ring (bicyclic) bond motifs is 1. The van der Waals surface area contributed by atoms with Crippen LogP contribution in [0.4, 0.5) is 5.69 Å². The highest BCUT2D eigenvalue weighted by Crippen LogP contribution is 2.37. The molecule has 1 aromatic rings. The van der Waals surface area contributed by atoms with Crippen molar-refractivity contribution in [3.8, 4) is 0 Å². The first-order valence-electron chi connectivity index (χ1n) is 7.42. The number of carbonyl (C=O) groups excluding carboxylic acids is 1. The van der Waals surface area contributed by atoms with Crippen LogP contribution >= 0.6 is 0 Å². The lowest BCUT2D eigenvalue weighted by Crippen LogP contribution is -2.39. The Morgan fingerprint density at radius 1 is 1.32 bits per heavy atom. The summed E-state index contributed by atoms with van der Waals surface area (Å²) in [6.45, 7) is 3.95. The van der Waals surface area contributed by atoms with Gasteiger partial charge in [-0.25, -0.2) is 0 Å². The molecule has 1 aliphatic carbocycles. The fourth-order valence-corrected chi connectivity index (χ4v) is 2.96. The number of para-hydroxylation sites is 1. The van der Waals surface area contributed by atoms with Crippen molar-refractivity contribution in [1.82, 2.24) is 5.32 Å². The number of rotatable bonds is 4. The molecule has 1 heterocycles. The van der Waals surface area contributed by atoms with E-state index in [4.69, 9.17) is 0 Å². The first kappa shape index (κ1) is 12.7. The SMILES string of the molecule is CCNC1CCN(C(=O)CC2CC2)c2ccccc21. The van der Waals surface area contributed by atoms with Gasteiger partial charge in [0.2, 0.25) is 5.91 Å². The van der Waals surface area contributed by atoms with E-state index >= 15 is 0 Å². The highest BCUT2D eigenvalue weighted by molar-refractivity contribution is 5.95. The van der Waals surface area contributed by atoms with E-state index in [0.29, 0.717) is 17.9 Å². The molecule has 1 aliphatic heterocycles. The van der Waals surface area contributed by atoms with Crippen LogP contribution in [-0.4, -0.2) is 19.0 Å². The van der Waals surface area contributed by atoms with E-state index < -0.39 is 0 Å². The van der Waals surface area contributed by atoms with E-state index in [1.807, 2.05) is 11.0 Å². The van der Waals surface area contributed by atoms with Gasteiger partial charge in [-0.15, -0.1) is 0 Å². The Labute approximate surface area is 115 Å². The Bertz CT molecular complexity index is 468. The molecule has 0 radical (unpaired) electrons. The second-order valence-electron chi connectivity index (χ2n) is 5.65. The van der Waals surface area contributed by atoms with Gasteiger partial charge in [-0.05, 0) is 43.4 Å². The number of hydrogen-bond donors (Lipinski definition) is 1. The molecule has 0 bridgehead atoms. The number of hydrogen-bond acceptors (Lipinski definition) is 2. The largest absolute Gasteiger partial charge is 0.312 e. The molecule has 0 spiro atoms. The molecule has 0 aromatic heterocycles. The Hall–Kier alpha value is -1.35. The summed E-state index contributed by atoms with van der Waals surface area (Å²) in [6, 6.07) is 8.73. The molecule has 1 N–H and O–H groups in total. The van der Waals surface area contributed by atoms with E-state index in [1.165, 1.54) is 18.4 Å². The van der Waals surface area contributed by atoms with Crippen molar-refractivity contribution < 1.29 is 4.79 Å². The Morgan fingerprint density at radius 2 is 2.11 bits per heavy atom. The van der Waals surface area contributed by atoms with E-state index in [2.05, 4.69) is 30.4 Å². The van der Waals surface area contributed by atoms with Crippen LogP contribution in [-0.2, 0) is 4.79 Å². The summed E-state index contributed by atoms with van der Waals surface area (Å²) in [5.74, 6) is 0.969. The van der Waals surface area contributed by atoms with Gasteiger partial charge in [-0.1, -0.05) is 25.1 Å². The van der Waals surface area contributed by atoms with Crippen molar-refractivity contribution >= 4 is 11.6 Å². The number of anilines is 1. The van der Waals surface area contributed by atoms with Crippen molar-refractivity contribution in [2.24, 2.45) is 5.92 Å². The lowest BCUT2D eigenvalue weighted by atomic mass is 9.96. The van der Waals surface area contributed by atoms with Crippen molar-refractivity contribution in [1.29, 1.82) is 0 Å². The number of amides is 1. The molecule has 1 unspecified atom stereocenters. The molecule has 0 saturated heterocycles. The quantitative estimate of drug-likeness (QED) is 0.900. The van der Waals surface area contributed by atoms with Crippen molar-refractivity contribution in [2.75, 3.05) is 18.0 Å². The Morgan fingerprint density at radius 3 is 2.84 bits per heavy atom. The minimum atomic E-state index is 0.310. The standard InChI is InChI=1S/C16H22N2O/c1-2-17-14-9-10-18(16(19)11-12-7-8-12)15-6-4-3-5-13(14)15/h3-6,12,14,17H,2,7-11H2,1H3. The van der Waals surface area contributed by atoms with Gasteiger partial charge in [-0.2, -0.15) is 0 Å². The first-order chi connectivity index (χ1) is 9.29. The predicted molar refractivity (Wildman–Crippen MR) is 77.2 cm³/mol. The van der Waals surface area contributed by atoms with Gasteiger partial charge in [0.1, 0.15) is 0 Å². The molecule has 1 aromatic carbocycles. The first-order valence-corrected chi connectivity index (χ1v) is 7.42. The fraction of sp³-hybridized carbons (Fsp3) is 0.562. The monoisotopic (exact) mass is 258 g/mol. The molecule has 1 fully saturated rings. The van der Waals surface area contributed by atoms with Crippen molar-refractivity contribution in [2.45, 2.75) is 38.6 Å². The molecule has 3 nitrogen and oxygen atoms in total. The Balaban J connectivity index is 1.83. The maximum Gasteiger partial charge on any atom is 0.227 e. The zero-order valence-corrected chi connectivity index (χ0v) is 11.6. The van der Waals surface area contributed by atoms with Crippen LogP contribution < -0.4 is 10.2 Å². The molecular weight excluding hydrogens is 236 g/mol. The highest BCUT2D eigenvalue weighted by Gasteiger charge is 2.31. The predicted octanol–water partition coefficient (Wildman–Crippen LogP) is 2.87. The molecule has 3 heteroatoms. The third-order valence-corrected chi connectivity index (χ3v) is 4.16. The summed E-state index contributed by atoms with van der Waals surface area (Å²) < 4.78 is 0. The minimum Gasteiger partial charge on any atom is -0.312 e. The summed E-state index contributed by atoms with van der Waals surface area (Å²) in [5, 5.41) is 3.52. The average Bonchev–Trinajstić information content (AvgIpc) is 3.23. The fourth-order valence-electron chi connectivity index (χ4n) is 2.96. The highest BCUT2D eigenvalue weighted by atomic mass is 16.2. The van der Waals surface area contributed by atoms with Crippen molar-refractivity contribution in [3.05, 3.63) is 29.8 Å². The summed E-state index contributed by atoms with van der Waals surface area (Å²) >= 11 is 0. The van der Waals surface area contributed by atoms with E-state index in [-0.39, 0.29) is 0 Å². The van der Waals surface area contributed by atoms with E-state index in [1.54, 1.807) is 0 Å². The van der Waals surface area contributed by atoms with Crippen LogP contribution in [0.25, 0.3) is 0 Å². The zero-order valence-electron chi connectivity index (χ0n) is 11.6. The summed E-state index contributed by atoms with van der Waals surface area (Å²) in [7, 11) is 0. The molecular formula is C16H22N2O. The van der Waals surface area contributed by atoms with Gasteiger partial charge in [0.25, 0.3) is 0 Å².